The van der Waals surface area contributed by atoms with Crippen molar-refractivity contribution in [3.63, 3.8) is 0 Å². The number of ether oxygens (including phenoxy) is 2. The number of hydrogen-bond acceptors (Lipinski definition) is 2. The molecule has 0 aromatic heterocycles. The summed E-state index contributed by atoms with van der Waals surface area (Å²) in [5, 5.41) is 0. The molecule has 1 aliphatic rings. The van der Waals surface area contributed by atoms with Crippen LogP contribution in [-0.4, -0.2) is 19.5 Å². The predicted molar refractivity (Wildman–Crippen MR) is 69.5 cm³/mol. The van der Waals surface area contributed by atoms with Crippen LogP contribution in [0, 0.1) is 11.6 Å². The van der Waals surface area contributed by atoms with Crippen LogP contribution in [0.25, 0.3) is 5.57 Å². The van der Waals surface area contributed by atoms with Crippen LogP contribution in [0.5, 0.6) is 0 Å². The SMILES string of the molecule is C=C/C=C(\CCC1OCCO1)c1cc(F)ccc1F. The Morgan fingerprint density at radius 2 is 2.05 bits per heavy atom. The highest BCUT2D eigenvalue weighted by Gasteiger charge is 2.17. The van der Waals surface area contributed by atoms with Crippen molar-refractivity contribution in [2.75, 3.05) is 13.2 Å². The molecule has 0 N–H and O–H groups in total. The fraction of sp³-hybridized carbons (Fsp3) is 0.333. The van der Waals surface area contributed by atoms with Crippen molar-refractivity contribution >= 4 is 5.57 Å². The van der Waals surface area contributed by atoms with Gasteiger partial charge in [0.2, 0.25) is 0 Å². The van der Waals surface area contributed by atoms with Gasteiger partial charge in [-0.3, -0.25) is 0 Å². The van der Waals surface area contributed by atoms with Gasteiger partial charge in [-0.25, -0.2) is 8.78 Å². The Morgan fingerprint density at radius 1 is 1.32 bits per heavy atom. The molecule has 2 nitrogen and oxygen atoms in total. The predicted octanol–water partition coefficient (Wildman–Crippen LogP) is 3.69. The zero-order chi connectivity index (χ0) is 13.7. The van der Waals surface area contributed by atoms with E-state index in [0.717, 1.165) is 12.1 Å². The van der Waals surface area contributed by atoms with E-state index in [1.165, 1.54) is 6.07 Å². The topological polar surface area (TPSA) is 18.5 Å². The van der Waals surface area contributed by atoms with Gasteiger partial charge in [0.15, 0.2) is 6.29 Å². The van der Waals surface area contributed by atoms with E-state index in [0.29, 0.717) is 31.6 Å². The molecule has 0 radical (unpaired) electrons. The number of benzene rings is 1. The van der Waals surface area contributed by atoms with Gasteiger partial charge in [0.05, 0.1) is 13.2 Å². The largest absolute Gasteiger partial charge is 0.350 e. The van der Waals surface area contributed by atoms with Crippen LogP contribution in [-0.2, 0) is 9.47 Å². The van der Waals surface area contributed by atoms with Crippen LogP contribution in [0.15, 0.2) is 36.9 Å². The Bertz CT molecular complexity index is 477. The molecular weight excluding hydrogens is 250 g/mol. The normalized spacial score (nSPS) is 16.8. The summed E-state index contributed by atoms with van der Waals surface area (Å²) in [6.45, 7) is 4.77. The molecule has 0 amide bonds. The fourth-order valence-corrected chi connectivity index (χ4v) is 2.04. The lowest BCUT2D eigenvalue weighted by atomic mass is 9.99. The Kier molecular flexibility index (Phi) is 4.82. The van der Waals surface area contributed by atoms with Crippen molar-refractivity contribution in [3.05, 3.63) is 54.1 Å². The van der Waals surface area contributed by atoms with E-state index < -0.39 is 11.6 Å². The van der Waals surface area contributed by atoms with Gasteiger partial charge in [-0.15, -0.1) is 0 Å². The number of rotatable bonds is 5. The molecule has 102 valence electrons. The van der Waals surface area contributed by atoms with Gasteiger partial charge in [0.25, 0.3) is 0 Å². The molecule has 0 aliphatic carbocycles. The lowest BCUT2D eigenvalue weighted by molar-refractivity contribution is -0.0453. The third kappa shape index (κ3) is 3.72. The van der Waals surface area contributed by atoms with E-state index >= 15 is 0 Å². The van der Waals surface area contributed by atoms with Crippen molar-refractivity contribution in [1.82, 2.24) is 0 Å². The third-order valence-electron chi connectivity index (χ3n) is 2.93. The summed E-state index contributed by atoms with van der Waals surface area (Å²) in [5.41, 5.74) is 0.948. The summed E-state index contributed by atoms with van der Waals surface area (Å²) in [7, 11) is 0. The quantitative estimate of drug-likeness (QED) is 0.757. The maximum atomic E-state index is 13.7. The maximum Gasteiger partial charge on any atom is 0.158 e. The molecule has 0 bridgehead atoms. The smallest absolute Gasteiger partial charge is 0.158 e. The second kappa shape index (κ2) is 6.59. The Morgan fingerprint density at radius 3 is 2.74 bits per heavy atom. The molecule has 19 heavy (non-hydrogen) atoms. The highest BCUT2D eigenvalue weighted by molar-refractivity contribution is 5.67. The number of halogens is 2. The summed E-state index contributed by atoms with van der Waals surface area (Å²) < 4.78 is 37.6. The van der Waals surface area contributed by atoms with Crippen molar-refractivity contribution in [3.8, 4) is 0 Å². The summed E-state index contributed by atoms with van der Waals surface area (Å²) in [6.07, 6.45) is 4.14. The first-order chi connectivity index (χ1) is 9.20. The molecule has 1 heterocycles. The monoisotopic (exact) mass is 266 g/mol. The van der Waals surface area contributed by atoms with Crippen LogP contribution in [0.2, 0.25) is 0 Å². The average molecular weight is 266 g/mol. The van der Waals surface area contributed by atoms with Crippen molar-refractivity contribution in [2.24, 2.45) is 0 Å². The van der Waals surface area contributed by atoms with E-state index in [9.17, 15) is 8.78 Å². The zero-order valence-electron chi connectivity index (χ0n) is 10.6. The first-order valence-corrected chi connectivity index (χ1v) is 6.21. The average Bonchev–Trinajstić information content (AvgIpc) is 2.91. The first kappa shape index (κ1) is 13.9. The van der Waals surface area contributed by atoms with Crippen LogP contribution in [0.1, 0.15) is 18.4 Å². The summed E-state index contributed by atoms with van der Waals surface area (Å²) in [6, 6.07) is 3.43. The highest BCUT2D eigenvalue weighted by atomic mass is 19.1. The van der Waals surface area contributed by atoms with E-state index in [1.54, 1.807) is 12.2 Å². The van der Waals surface area contributed by atoms with E-state index in [4.69, 9.17) is 9.47 Å². The van der Waals surface area contributed by atoms with Crippen LogP contribution >= 0.6 is 0 Å². The molecule has 0 saturated carbocycles. The zero-order valence-corrected chi connectivity index (χ0v) is 10.6. The van der Waals surface area contributed by atoms with Gasteiger partial charge in [0.1, 0.15) is 11.6 Å². The molecule has 4 heteroatoms. The Hall–Kier alpha value is -1.52. The summed E-state index contributed by atoms with van der Waals surface area (Å²) >= 11 is 0. The molecule has 1 aromatic rings. The maximum absolute atomic E-state index is 13.7. The highest BCUT2D eigenvalue weighted by Crippen LogP contribution is 2.26. The Balaban J connectivity index is 2.12. The molecule has 0 atom stereocenters. The van der Waals surface area contributed by atoms with Gasteiger partial charge < -0.3 is 9.47 Å². The Labute approximate surface area is 111 Å². The lowest BCUT2D eigenvalue weighted by Gasteiger charge is -2.12. The van der Waals surface area contributed by atoms with Crippen molar-refractivity contribution in [2.45, 2.75) is 19.1 Å². The second-order valence-electron chi connectivity index (χ2n) is 4.26. The van der Waals surface area contributed by atoms with Crippen LogP contribution in [0.4, 0.5) is 8.78 Å². The van der Waals surface area contributed by atoms with Crippen LogP contribution in [0.3, 0.4) is 0 Å². The minimum atomic E-state index is -0.459. The van der Waals surface area contributed by atoms with Gasteiger partial charge in [-0.2, -0.15) is 0 Å². The number of allylic oxidation sites excluding steroid dienone is 3. The summed E-state index contributed by atoms with van der Waals surface area (Å²) in [5.74, 6) is -0.900. The van der Waals surface area contributed by atoms with E-state index in [2.05, 4.69) is 6.58 Å². The van der Waals surface area contributed by atoms with Crippen LogP contribution < -0.4 is 0 Å². The molecule has 1 saturated heterocycles. The molecule has 0 unspecified atom stereocenters. The van der Waals surface area contributed by atoms with Gasteiger partial charge in [-0.05, 0) is 30.2 Å². The molecule has 2 rings (SSSR count). The van der Waals surface area contributed by atoms with Crippen molar-refractivity contribution < 1.29 is 18.3 Å². The molecular formula is C15H16F2O2. The molecule has 1 aromatic carbocycles. The van der Waals surface area contributed by atoms with E-state index in [-0.39, 0.29) is 11.9 Å². The fourth-order valence-electron chi connectivity index (χ4n) is 2.04. The lowest BCUT2D eigenvalue weighted by Crippen LogP contribution is -2.07. The van der Waals surface area contributed by atoms with Gasteiger partial charge in [-0.1, -0.05) is 18.7 Å². The minimum Gasteiger partial charge on any atom is -0.350 e. The van der Waals surface area contributed by atoms with E-state index in [1.807, 2.05) is 0 Å². The summed E-state index contributed by atoms with van der Waals surface area (Å²) in [4.78, 5) is 0. The van der Waals surface area contributed by atoms with Crippen molar-refractivity contribution in [1.29, 1.82) is 0 Å². The minimum absolute atomic E-state index is 0.259. The number of hydrogen-bond donors (Lipinski definition) is 0. The standard InChI is InChI=1S/C15H16F2O2/c1-2-3-11(4-7-15-18-8-9-19-15)13-10-12(16)5-6-14(13)17/h2-3,5-6,10,15H,1,4,7-9H2/b11-3+. The van der Waals surface area contributed by atoms with Gasteiger partial charge in [0, 0.05) is 12.0 Å². The molecule has 1 fully saturated rings. The second-order valence-corrected chi connectivity index (χ2v) is 4.26. The first-order valence-electron chi connectivity index (χ1n) is 6.21. The molecule has 1 aliphatic heterocycles. The third-order valence-corrected chi connectivity index (χ3v) is 2.93. The van der Waals surface area contributed by atoms with Gasteiger partial charge >= 0.3 is 0 Å². The molecule has 0 spiro atoms.